The lowest BCUT2D eigenvalue weighted by Gasteiger charge is -2.29. The maximum absolute atomic E-state index is 13.9. The molecule has 7 heteroatoms. The summed E-state index contributed by atoms with van der Waals surface area (Å²) in [5, 5.41) is 0. The highest BCUT2D eigenvalue weighted by atomic mass is 19.4. The van der Waals surface area contributed by atoms with Gasteiger partial charge in [-0.3, -0.25) is 4.79 Å². The van der Waals surface area contributed by atoms with Crippen LogP contribution in [-0.4, -0.2) is 18.7 Å². The Labute approximate surface area is 144 Å². The van der Waals surface area contributed by atoms with Crippen molar-refractivity contribution in [2.24, 2.45) is 11.7 Å². The third-order valence-electron chi connectivity index (χ3n) is 4.77. The van der Waals surface area contributed by atoms with E-state index >= 15 is 0 Å². The third kappa shape index (κ3) is 5.09. The number of carbonyl (C=O) groups is 1. The minimum atomic E-state index is -4.32. The topological polar surface area (TPSA) is 52.3 Å². The molecule has 2 rings (SSSR count). The SMILES string of the molecule is CC(C)(CC[C@H](CCC(F)(F)F)C(N)=O)c1cc(F)cc2c1OCC2. The van der Waals surface area contributed by atoms with Crippen molar-refractivity contribution >= 4 is 5.91 Å². The summed E-state index contributed by atoms with van der Waals surface area (Å²) < 4.78 is 56.7. The number of nitrogens with two attached hydrogens (primary N) is 1. The summed E-state index contributed by atoms with van der Waals surface area (Å²) in [6.07, 6.45) is -4.44. The maximum atomic E-state index is 13.9. The lowest BCUT2D eigenvalue weighted by molar-refractivity contribution is -0.140. The molecule has 1 aliphatic heterocycles. The van der Waals surface area contributed by atoms with E-state index in [2.05, 4.69) is 0 Å². The Morgan fingerprint density at radius 3 is 2.48 bits per heavy atom. The van der Waals surface area contributed by atoms with Crippen LogP contribution >= 0.6 is 0 Å². The fraction of sp³-hybridized carbons (Fsp3) is 0.611. The molecule has 1 heterocycles. The van der Waals surface area contributed by atoms with E-state index in [0.29, 0.717) is 30.8 Å². The first-order chi connectivity index (χ1) is 11.5. The molecule has 0 aromatic heterocycles. The number of carbonyl (C=O) groups excluding carboxylic acids is 1. The van der Waals surface area contributed by atoms with Gasteiger partial charge in [0.2, 0.25) is 5.91 Å². The van der Waals surface area contributed by atoms with Crippen molar-refractivity contribution in [1.29, 1.82) is 0 Å². The largest absolute Gasteiger partial charge is 0.493 e. The molecular weight excluding hydrogens is 338 g/mol. The van der Waals surface area contributed by atoms with E-state index in [9.17, 15) is 22.4 Å². The molecule has 0 unspecified atom stereocenters. The summed E-state index contributed by atoms with van der Waals surface area (Å²) in [7, 11) is 0. The summed E-state index contributed by atoms with van der Waals surface area (Å²) in [5.41, 5.74) is 6.18. The quantitative estimate of drug-likeness (QED) is 0.738. The summed E-state index contributed by atoms with van der Waals surface area (Å²) in [5.74, 6) is -1.31. The van der Waals surface area contributed by atoms with Gasteiger partial charge in [-0.25, -0.2) is 4.39 Å². The average Bonchev–Trinajstić information content (AvgIpc) is 2.92. The Balaban J connectivity index is 2.11. The number of primary amides is 1. The minimum Gasteiger partial charge on any atom is -0.493 e. The Kier molecular flexibility index (Phi) is 5.64. The molecule has 25 heavy (non-hydrogen) atoms. The summed E-state index contributed by atoms with van der Waals surface area (Å²) in [4.78, 5) is 11.5. The molecule has 0 spiro atoms. The molecule has 140 valence electrons. The highest BCUT2D eigenvalue weighted by Crippen LogP contribution is 2.41. The number of hydrogen-bond acceptors (Lipinski definition) is 2. The zero-order valence-electron chi connectivity index (χ0n) is 14.4. The highest BCUT2D eigenvalue weighted by Gasteiger charge is 2.33. The van der Waals surface area contributed by atoms with Gasteiger partial charge in [0.1, 0.15) is 11.6 Å². The van der Waals surface area contributed by atoms with Crippen LogP contribution in [-0.2, 0) is 16.6 Å². The molecule has 1 aromatic carbocycles. The zero-order chi connectivity index (χ0) is 18.8. The van der Waals surface area contributed by atoms with Crippen LogP contribution < -0.4 is 10.5 Å². The number of alkyl halides is 3. The van der Waals surface area contributed by atoms with Gasteiger partial charge >= 0.3 is 6.18 Å². The smallest absolute Gasteiger partial charge is 0.389 e. The van der Waals surface area contributed by atoms with E-state index in [1.54, 1.807) is 0 Å². The van der Waals surface area contributed by atoms with Crippen molar-refractivity contribution in [2.75, 3.05) is 6.61 Å². The molecule has 1 atom stereocenters. The van der Waals surface area contributed by atoms with Crippen LogP contribution in [0.1, 0.15) is 50.7 Å². The predicted molar refractivity (Wildman–Crippen MR) is 85.8 cm³/mol. The van der Waals surface area contributed by atoms with Gasteiger partial charge in [-0.05, 0) is 36.8 Å². The molecule has 3 nitrogen and oxygen atoms in total. The van der Waals surface area contributed by atoms with E-state index in [0.717, 1.165) is 5.56 Å². The molecule has 1 aliphatic rings. The number of amides is 1. The first-order valence-electron chi connectivity index (χ1n) is 8.31. The Hall–Kier alpha value is -1.79. The van der Waals surface area contributed by atoms with Crippen molar-refractivity contribution in [3.8, 4) is 5.75 Å². The van der Waals surface area contributed by atoms with Crippen LogP contribution in [0.3, 0.4) is 0 Å². The predicted octanol–water partition coefficient (Wildman–Crippen LogP) is 4.26. The van der Waals surface area contributed by atoms with Gasteiger partial charge in [0, 0.05) is 29.9 Å². The van der Waals surface area contributed by atoms with Crippen LogP contribution in [0.5, 0.6) is 5.75 Å². The normalized spacial score (nSPS) is 15.6. The van der Waals surface area contributed by atoms with Gasteiger partial charge in [-0.2, -0.15) is 13.2 Å². The molecule has 0 aliphatic carbocycles. The van der Waals surface area contributed by atoms with E-state index in [-0.39, 0.29) is 18.7 Å². The number of ether oxygens (including phenoxy) is 1. The van der Waals surface area contributed by atoms with Gasteiger partial charge in [0.05, 0.1) is 6.61 Å². The zero-order valence-corrected chi connectivity index (χ0v) is 14.4. The average molecular weight is 361 g/mol. The molecule has 2 N–H and O–H groups in total. The Morgan fingerprint density at radius 1 is 1.24 bits per heavy atom. The lowest BCUT2D eigenvalue weighted by Crippen LogP contribution is -2.28. The van der Waals surface area contributed by atoms with Crippen molar-refractivity contribution < 1.29 is 27.1 Å². The van der Waals surface area contributed by atoms with Crippen molar-refractivity contribution in [3.05, 3.63) is 29.1 Å². The molecule has 0 bridgehead atoms. The van der Waals surface area contributed by atoms with E-state index in [1.807, 2.05) is 13.8 Å². The van der Waals surface area contributed by atoms with E-state index in [4.69, 9.17) is 10.5 Å². The summed E-state index contributed by atoms with van der Waals surface area (Å²) >= 11 is 0. The molecule has 0 saturated heterocycles. The first kappa shape index (κ1) is 19.5. The van der Waals surface area contributed by atoms with Crippen LogP contribution in [0.25, 0.3) is 0 Å². The lowest BCUT2D eigenvalue weighted by atomic mass is 9.77. The second-order valence-corrected chi connectivity index (χ2v) is 7.22. The van der Waals surface area contributed by atoms with Crippen LogP contribution in [0, 0.1) is 11.7 Å². The Morgan fingerprint density at radius 2 is 1.88 bits per heavy atom. The van der Waals surface area contributed by atoms with Crippen molar-refractivity contribution in [2.45, 2.75) is 57.5 Å². The Bertz CT molecular complexity index is 641. The van der Waals surface area contributed by atoms with Crippen molar-refractivity contribution in [3.63, 3.8) is 0 Å². The highest BCUT2D eigenvalue weighted by molar-refractivity contribution is 5.76. The molecule has 0 saturated carbocycles. The monoisotopic (exact) mass is 361 g/mol. The number of hydrogen-bond donors (Lipinski definition) is 1. The summed E-state index contributed by atoms with van der Waals surface area (Å²) in [6.45, 7) is 4.22. The standard InChI is InChI=1S/C18H23F4NO2/c1-17(2,6-3-11(16(23)24)4-7-18(20,21)22)14-10-13(19)9-12-5-8-25-15(12)14/h9-11H,3-8H2,1-2H3,(H2,23,24)/t11-/m1/s1. The van der Waals surface area contributed by atoms with Gasteiger partial charge < -0.3 is 10.5 Å². The molecule has 0 fully saturated rings. The maximum Gasteiger partial charge on any atom is 0.389 e. The minimum absolute atomic E-state index is 0.212. The summed E-state index contributed by atoms with van der Waals surface area (Å²) in [6, 6.07) is 2.84. The van der Waals surface area contributed by atoms with Gasteiger partial charge in [0.15, 0.2) is 0 Å². The first-order valence-corrected chi connectivity index (χ1v) is 8.31. The fourth-order valence-corrected chi connectivity index (χ4v) is 3.21. The van der Waals surface area contributed by atoms with Crippen LogP contribution in [0.4, 0.5) is 17.6 Å². The number of benzene rings is 1. The van der Waals surface area contributed by atoms with Crippen LogP contribution in [0.2, 0.25) is 0 Å². The number of rotatable bonds is 7. The molecular formula is C18H23F4NO2. The van der Waals surface area contributed by atoms with Gasteiger partial charge in [0.25, 0.3) is 0 Å². The van der Waals surface area contributed by atoms with Gasteiger partial charge in [-0.1, -0.05) is 13.8 Å². The number of halogens is 4. The second kappa shape index (κ2) is 7.22. The van der Waals surface area contributed by atoms with E-state index < -0.39 is 29.8 Å². The molecule has 1 amide bonds. The molecule has 0 radical (unpaired) electrons. The third-order valence-corrected chi connectivity index (χ3v) is 4.77. The fourth-order valence-electron chi connectivity index (χ4n) is 3.21. The van der Waals surface area contributed by atoms with Gasteiger partial charge in [-0.15, -0.1) is 0 Å². The number of fused-ring (bicyclic) bond motifs is 1. The molecule has 1 aromatic rings. The second-order valence-electron chi connectivity index (χ2n) is 7.22. The van der Waals surface area contributed by atoms with Crippen molar-refractivity contribution in [1.82, 2.24) is 0 Å². The van der Waals surface area contributed by atoms with Crippen LogP contribution in [0.15, 0.2) is 12.1 Å². The van der Waals surface area contributed by atoms with E-state index in [1.165, 1.54) is 12.1 Å².